The maximum absolute atomic E-state index is 12.2. The highest BCUT2D eigenvalue weighted by atomic mass is 16.8. The van der Waals surface area contributed by atoms with Crippen LogP contribution in [0.3, 0.4) is 0 Å². The summed E-state index contributed by atoms with van der Waals surface area (Å²) in [4.78, 5) is 12.2. The Morgan fingerprint density at radius 3 is 2.46 bits per heavy atom. The number of hydrogen-bond donors (Lipinski definition) is 2. The van der Waals surface area contributed by atoms with E-state index in [4.69, 9.17) is 18.9 Å². The summed E-state index contributed by atoms with van der Waals surface area (Å²) in [5.41, 5.74) is 0.879. The van der Waals surface area contributed by atoms with Gasteiger partial charge < -0.3 is 29.2 Å². The molecule has 7 heteroatoms. The predicted molar refractivity (Wildman–Crippen MR) is 84.0 cm³/mol. The van der Waals surface area contributed by atoms with Gasteiger partial charge >= 0.3 is 5.97 Å². The highest BCUT2D eigenvalue weighted by Gasteiger charge is 2.51. The third kappa shape index (κ3) is 4.52. The summed E-state index contributed by atoms with van der Waals surface area (Å²) in [5, 5.41) is 19.2. The van der Waals surface area contributed by atoms with E-state index in [9.17, 15) is 15.0 Å². The van der Waals surface area contributed by atoms with Gasteiger partial charge in [0.25, 0.3) is 0 Å². The fourth-order valence-corrected chi connectivity index (χ4v) is 2.63. The molecule has 1 heterocycles. The van der Waals surface area contributed by atoms with Gasteiger partial charge in [-0.3, -0.25) is 0 Å². The van der Waals surface area contributed by atoms with E-state index in [0.29, 0.717) is 0 Å². The van der Waals surface area contributed by atoms with Crippen molar-refractivity contribution in [1.82, 2.24) is 0 Å². The van der Waals surface area contributed by atoms with Gasteiger partial charge in [0, 0.05) is 0 Å². The number of aliphatic hydroxyl groups is 2. The number of hydrogen-bond acceptors (Lipinski definition) is 7. The Morgan fingerprint density at radius 1 is 1.25 bits per heavy atom. The molecule has 0 aromatic heterocycles. The summed E-state index contributed by atoms with van der Waals surface area (Å²) in [7, 11) is 1.25. The standard InChI is InChI=1S/C17H24O7/c1-17(2)23-13(12(19)9-18)14(24-17)15(16(20)21-3)22-10-11-7-5-4-6-8-11/h4-8,12-15,18-19H,9-10H2,1-3H3/t12-,13-,14+,15-/m1/s1. The first-order valence-electron chi connectivity index (χ1n) is 7.76. The van der Waals surface area contributed by atoms with Crippen molar-refractivity contribution in [2.24, 2.45) is 0 Å². The molecule has 4 atom stereocenters. The largest absolute Gasteiger partial charge is 0.467 e. The summed E-state index contributed by atoms with van der Waals surface area (Å²) in [5.74, 6) is -1.65. The van der Waals surface area contributed by atoms with Crippen molar-refractivity contribution in [3.05, 3.63) is 35.9 Å². The van der Waals surface area contributed by atoms with Gasteiger partial charge in [-0.25, -0.2) is 4.79 Å². The van der Waals surface area contributed by atoms with Gasteiger partial charge in [0.1, 0.15) is 18.3 Å². The smallest absolute Gasteiger partial charge is 0.337 e. The molecule has 7 nitrogen and oxygen atoms in total. The molecule has 0 aliphatic carbocycles. The van der Waals surface area contributed by atoms with E-state index in [1.807, 2.05) is 30.3 Å². The highest BCUT2D eigenvalue weighted by molar-refractivity contribution is 5.75. The lowest BCUT2D eigenvalue weighted by molar-refractivity contribution is -0.178. The van der Waals surface area contributed by atoms with Crippen LogP contribution >= 0.6 is 0 Å². The number of rotatable bonds is 7. The third-order valence-corrected chi connectivity index (χ3v) is 3.73. The Morgan fingerprint density at radius 2 is 1.88 bits per heavy atom. The number of aliphatic hydroxyl groups excluding tert-OH is 2. The minimum absolute atomic E-state index is 0.169. The number of benzene rings is 1. The van der Waals surface area contributed by atoms with Gasteiger partial charge in [0.05, 0.1) is 20.3 Å². The topological polar surface area (TPSA) is 94.5 Å². The highest BCUT2D eigenvalue weighted by Crippen LogP contribution is 2.33. The Kier molecular flexibility index (Phi) is 6.31. The van der Waals surface area contributed by atoms with E-state index in [2.05, 4.69) is 0 Å². The third-order valence-electron chi connectivity index (χ3n) is 3.73. The molecule has 0 spiro atoms. The first kappa shape index (κ1) is 18.8. The van der Waals surface area contributed by atoms with E-state index in [1.165, 1.54) is 7.11 Å². The van der Waals surface area contributed by atoms with Crippen LogP contribution in [0.5, 0.6) is 0 Å². The number of esters is 1. The van der Waals surface area contributed by atoms with Crippen molar-refractivity contribution in [2.75, 3.05) is 13.7 Å². The van der Waals surface area contributed by atoms with Crippen molar-refractivity contribution in [3.63, 3.8) is 0 Å². The average molecular weight is 340 g/mol. The van der Waals surface area contributed by atoms with Crippen LogP contribution in [0.2, 0.25) is 0 Å². The van der Waals surface area contributed by atoms with Crippen LogP contribution in [0.1, 0.15) is 19.4 Å². The fourth-order valence-electron chi connectivity index (χ4n) is 2.63. The zero-order valence-electron chi connectivity index (χ0n) is 14.0. The molecule has 134 valence electrons. The van der Waals surface area contributed by atoms with E-state index in [1.54, 1.807) is 13.8 Å². The number of carbonyl (C=O) groups is 1. The maximum atomic E-state index is 12.2. The second kappa shape index (κ2) is 8.04. The van der Waals surface area contributed by atoms with Crippen molar-refractivity contribution in [3.8, 4) is 0 Å². The SMILES string of the molecule is COC(=O)[C@H](OCc1ccccc1)[C@H]1OC(C)(C)O[C@@H]1[C@H](O)CO. The number of carbonyl (C=O) groups excluding carboxylic acids is 1. The lowest BCUT2D eigenvalue weighted by Crippen LogP contribution is -2.48. The zero-order chi connectivity index (χ0) is 17.7. The molecule has 2 N–H and O–H groups in total. The van der Waals surface area contributed by atoms with Crippen LogP contribution in [0, 0.1) is 0 Å². The normalized spacial score (nSPS) is 25.2. The second-order valence-electron chi connectivity index (χ2n) is 6.06. The first-order valence-corrected chi connectivity index (χ1v) is 7.76. The molecule has 0 saturated carbocycles. The van der Waals surface area contributed by atoms with Gasteiger partial charge in [-0.05, 0) is 19.4 Å². The van der Waals surface area contributed by atoms with Gasteiger partial charge in [-0.1, -0.05) is 30.3 Å². The molecule has 1 aliphatic heterocycles. The van der Waals surface area contributed by atoms with Gasteiger partial charge in [0.2, 0.25) is 0 Å². The predicted octanol–water partition coefficient (Wildman–Crippen LogP) is 0.618. The molecule has 1 saturated heterocycles. The van der Waals surface area contributed by atoms with E-state index in [0.717, 1.165) is 5.56 Å². The average Bonchev–Trinajstić information content (AvgIpc) is 2.90. The summed E-state index contributed by atoms with van der Waals surface area (Å²) in [6.07, 6.45) is -4.12. The molecule has 0 amide bonds. The molecule has 1 aromatic rings. The van der Waals surface area contributed by atoms with Crippen LogP contribution in [-0.2, 0) is 30.3 Å². The van der Waals surface area contributed by atoms with E-state index in [-0.39, 0.29) is 6.61 Å². The molecule has 24 heavy (non-hydrogen) atoms. The molecular weight excluding hydrogens is 316 g/mol. The lowest BCUT2D eigenvalue weighted by atomic mass is 10.0. The summed E-state index contributed by atoms with van der Waals surface area (Å²) >= 11 is 0. The Hall–Kier alpha value is -1.51. The van der Waals surface area contributed by atoms with Gasteiger partial charge in [0.15, 0.2) is 11.9 Å². The Balaban J connectivity index is 2.17. The van der Waals surface area contributed by atoms with Crippen LogP contribution in [0.25, 0.3) is 0 Å². The second-order valence-corrected chi connectivity index (χ2v) is 6.06. The molecule has 0 radical (unpaired) electrons. The van der Waals surface area contributed by atoms with Crippen molar-refractivity contribution in [2.45, 2.75) is 50.7 Å². The maximum Gasteiger partial charge on any atom is 0.337 e. The monoisotopic (exact) mass is 340 g/mol. The Labute approximate surface area is 141 Å². The first-order chi connectivity index (χ1) is 11.4. The minimum atomic E-state index is -1.20. The van der Waals surface area contributed by atoms with Crippen LogP contribution in [0.15, 0.2) is 30.3 Å². The van der Waals surface area contributed by atoms with Crippen LogP contribution in [0.4, 0.5) is 0 Å². The number of ether oxygens (including phenoxy) is 4. The lowest BCUT2D eigenvalue weighted by Gasteiger charge is -2.26. The summed E-state index contributed by atoms with van der Waals surface area (Å²) in [6, 6.07) is 9.34. The minimum Gasteiger partial charge on any atom is -0.467 e. The molecule has 0 bridgehead atoms. The van der Waals surface area contributed by atoms with Crippen molar-refractivity contribution < 1.29 is 34.0 Å². The van der Waals surface area contributed by atoms with E-state index >= 15 is 0 Å². The number of methoxy groups -OCH3 is 1. The molecule has 2 rings (SSSR count). The van der Waals surface area contributed by atoms with Crippen molar-refractivity contribution >= 4 is 5.97 Å². The molecular formula is C17H24O7. The molecule has 1 aliphatic rings. The van der Waals surface area contributed by atoms with Crippen LogP contribution in [-0.4, -0.2) is 60.1 Å². The molecule has 1 aromatic carbocycles. The van der Waals surface area contributed by atoms with Crippen LogP contribution < -0.4 is 0 Å². The molecule has 0 unspecified atom stereocenters. The summed E-state index contributed by atoms with van der Waals surface area (Å²) in [6.45, 7) is 2.97. The summed E-state index contributed by atoms with van der Waals surface area (Å²) < 4.78 is 21.9. The quantitative estimate of drug-likeness (QED) is 0.703. The fraction of sp³-hybridized carbons (Fsp3) is 0.588. The van der Waals surface area contributed by atoms with E-state index < -0.39 is 42.8 Å². The molecule has 1 fully saturated rings. The van der Waals surface area contributed by atoms with Gasteiger partial charge in [-0.2, -0.15) is 0 Å². The Bertz CT molecular complexity index is 531. The van der Waals surface area contributed by atoms with Gasteiger partial charge in [-0.15, -0.1) is 0 Å². The van der Waals surface area contributed by atoms with Crippen molar-refractivity contribution in [1.29, 1.82) is 0 Å². The zero-order valence-corrected chi connectivity index (χ0v) is 14.0.